The number of nitrogens with two attached hydrogens (primary N) is 1. The normalized spacial score (nSPS) is 21.6. The van der Waals surface area contributed by atoms with E-state index in [1.54, 1.807) is 7.11 Å². The first-order valence-electron chi connectivity index (χ1n) is 6.12. The molecule has 0 heterocycles. The summed E-state index contributed by atoms with van der Waals surface area (Å²) in [7, 11) is 1.74. The zero-order valence-corrected chi connectivity index (χ0v) is 10.0. The summed E-state index contributed by atoms with van der Waals surface area (Å²) >= 11 is 0. The van der Waals surface area contributed by atoms with Gasteiger partial charge in [0.15, 0.2) is 0 Å². The summed E-state index contributed by atoms with van der Waals surface area (Å²) in [6.45, 7) is 2.93. The van der Waals surface area contributed by atoms with Gasteiger partial charge in [0.2, 0.25) is 0 Å². The Hall–Kier alpha value is -0.570. The van der Waals surface area contributed by atoms with E-state index in [-0.39, 0.29) is 6.10 Å². The van der Waals surface area contributed by atoms with Crippen molar-refractivity contribution in [2.24, 2.45) is 16.6 Å². The lowest BCUT2D eigenvalue weighted by Crippen LogP contribution is -2.38. The van der Waals surface area contributed by atoms with Crippen molar-refractivity contribution in [2.75, 3.05) is 13.7 Å². The molecule has 1 fully saturated rings. The highest BCUT2D eigenvalue weighted by Gasteiger charge is 2.26. The number of nitrogens with zero attached hydrogens (tertiary/aromatic N) is 1. The van der Waals surface area contributed by atoms with Crippen LogP contribution < -0.4 is 5.73 Å². The van der Waals surface area contributed by atoms with E-state index in [4.69, 9.17) is 10.5 Å². The van der Waals surface area contributed by atoms with Gasteiger partial charge in [-0.05, 0) is 25.2 Å². The lowest BCUT2D eigenvalue weighted by molar-refractivity contribution is 0.0850. The van der Waals surface area contributed by atoms with E-state index in [0.717, 1.165) is 13.0 Å². The fourth-order valence-corrected chi connectivity index (χ4v) is 2.32. The van der Waals surface area contributed by atoms with Gasteiger partial charge in [0, 0.05) is 13.7 Å². The minimum atomic E-state index is 0.0526. The molecule has 1 aliphatic carbocycles. The van der Waals surface area contributed by atoms with Gasteiger partial charge in [0.25, 0.3) is 0 Å². The maximum atomic E-state index is 5.97. The summed E-state index contributed by atoms with van der Waals surface area (Å²) < 4.78 is 5.49. The van der Waals surface area contributed by atoms with E-state index < -0.39 is 0 Å². The van der Waals surface area contributed by atoms with Gasteiger partial charge in [-0.15, -0.1) is 0 Å². The monoisotopic (exact) mass is 212 g/mol. The molecule has 2 N–H and O–H groups in total. The Morgan fingerprint density at radius 3 is 2.60 bits per heavy atom. The molecule has 1 unspecified atom stereocenters. The Bertz CT molecular complexity index is 198. The molecule has 0 saturated heterocycles. The summed E-state index contributed by atoms with van der Waals surface area (Å²) in [4.78, 5) is 4.36. The molecule has 0 aromatic heterocycles. The first kappa shape index (κ1) is 12.5. The molecule has 0 spiro atoms. The molecule has 0 aromatic carbocycles. The molecule has 0 aromatic rings. The van der Waals surface area contributed by atoms with Crippen LogP contribution in [0.1, 0.15) is 45.4 Å². The summed E-state index contributed by atoms with van der Waals surface area (Å²) in [6, 6.07) is 0. The zero-order valence-electron chi connectivity index (χ0n) is 10.0. The maximum absolute atomic E-state index is 5.97. The number of rotatable bonds is 5. The number of ether oxygens (including phenoxy) is 1. The quantitative estimate of drug-likeness (QED) is 0.561. The molecule has 3 nitrogen and oxygen atoms in total. The van der Waals surface area contributed by atoms with Gasteiger partial charge >= 0.3 is 0 Å². The molecular weight excluding hydrogens is 188 g/mol. The third-order valence-electron chi connectivity index (χ3n) is 3.14. The molecule has 1 rings (SSSR count). The number of aliphatic imine (C=N–C) groups is 1. The van der Waals surface area contributed by atoms with Crippen LogP contribution in [-0.4, -0.2) is 25.6 Å². The third kappa shape index (κ3) is 3.82. The Balaban J connectivity index is 2.52. The fourth-order valence-electron chi connectivity index (χ4n) is 2.32. The van der Waals surface area contributed by atoms with Crippen LogP contribution >= 0.6 is 0 Å². The van der Waals surface area contributed by atoms with E-state index in [2.05, 4.69) is 11.9 Å². The zero-order chi connectivity index (χ0) is 11.1. The molecule has 15 heavy (non-hydrogen) atoms. The molecule has 1 saturated carbocycles. The van der Waals surface area contributed by atoms with E-state index in [1.165, 1.54) is 32.1 Å². The molecule has 88 valence electrons. The molecule has 0 bridgehead atoms. The first-order chi connectivity index (χ1) is 7.29. The number of amidine groups is 1. The highest BCUT2D eigenvalue weighted by atomic mass is 16.5. The van der Waals surface area contributed by atoms with Crippen molar-refractivity contribution in [2.45, 2.75) is 51.6 Å². The van der Waals surface area contributed by atoms with Gasteiger partial charge in [-0.2, -0.15) is 0 Å². The topological polar surface area (TPSA) is 47.6 Å². The summed E-state index contributed by atoms with van der Waals surface area (Å²) in [5.74, 6) is 1.29. The van der Waals surface area contributed by atoms with Crippen LogP contribution in [0.5, 0.6) is 0 Å². The predicted molar refractivity (Wildman–Crippen MR) is 64.2 cm³/mol. The summed E-state index contributed by atoms with van der Waals surface area (Å²) in [6.07, 6.45) is 7.55. The molecule has 1 atom stereocenters. The van der Waals surface area contributed by atoms with Gasteiger partial charge < -0.3 is 10.5 Å². The van der Waals surface area contributed by atoms with Gasteiger partial charge in [0.1, 0.15) is 11.9 Å². The van der Waals surface area contributed by atoms with E-state index in [0.29, 0.717) is 11.8 Å². The number of hydrogen-bond donors (Lipinski definition) is 1. The van der Waals surface area contributed by atoms with Crippen molar-refractivity contribution in [3.05, 3.63) is 0 Å². The van der Waals surface area contributed by atoms with Crippen LogP contribution in [-0.2, 0) is 4.74 Å². The van der Waals surface area contributed by atoms with Crippen molar-refractivity contribution in [1.29, 1.82) is 0 Å². The third-order valence-corrected chi connectivity index (χ3v) is 3.14. The van der Waals surface area contributed by atoms with Gasteiger partial charge in [-0.1, -0.05) is 26.2 Å². The minimum Gasteiger partial charge on any atom is -0.385 e. The lowest BCUT2D eigenvalue weighted by Gasteiger charge is -2.28. The van der Waals surface area contributed by atoms with E-state index in [1.807, 2.05) is 0 Å². The Morgan fingerprint density at radius 2 is 2.07 bits per heavy atom. The summed E-state index contributed by atoms with van der Waals surface area (Å²) in [5.41, 5.74) is 5.97. The molecule has 0 radical (unpaired) electrons. The average Bonchev–Trinajstić information content (AvgIpc) is 2.29. The van der Waals surface area contributed by atoms with Crippen molar-refractivity contribution in [3.8, 4) is 0 Å². The Morgan fingerprint density at radius 1 is 1.40 bits per heavy atom. The van der Waals surface area contributed by atoms with Crippen LogP contribution in [0.2, 0.25) is 0 Å². The fraction of sp³-hybridized carbons (Fsp3) is 0.917. The smallest absolute Gasteiger partial charge is 0.123 e. The van der Waals surface area contributed by atoms with Crippen molar-refractivity contribution < 1.29 is 4.74 Å². The van der Waals surface area contributed by atoms with Crippen molar-refractivity contribution in [3.63, 3.8) is 0 Å². The number of methoxy groups -OCH3 is 1. The van der Waals surface area contributed by atoms with Crippen LogP contribution in [0.15, 0.2) is 4.99 Å². The number of hydrogen-bond acceptors (Lipinski definition) is 2. The van der Waals surface area contributed by atoms with Crippen LogP contribution in [0, 0.1) is 5.92 Å². The van der Waals surface area contributed by atoms with E-state index >= 15 is 0 Å². The Labute approximate surface area is 93.1 Å². The van der Waals surface area contributed by atoms with Crippen LogP contribution in [0.3, 0.4) is 0 Å². The second-order valence-corrected chi connectivity index (χ2v) is 4.36. The highest BCUT2D eigenvalue weighted by molar-refractivity contribution is 5.85. The van der Waals surface area contributed by atoms with Crippen LogP contribution in [0.25, 0.3) is 0 Å². The molecular formula is C12H24N2O. The first-order valence-corrected chi connectivity index (χ1v) is 6.12. The Kier molecular flexibility index (Phi) is 5.69. The molecule has 1 aliphatic rings. The second-order valence-electron chi connectivity index (χ2n) is 4.36. The van der Waals surface area contributed by atoms with Gasteiger partial charge in [0.05, 0.1) is 0 Å². The predicted octanol–water partition coefficient (Wildman–Crippen LogP) is 2.35. The lowest BCUT2D eigenvalue weighted by atomic mass is 9.85. The van der Waals surface area contributed by atoms with Crippen LogP contribution in [0.4, 0.5) is 0 Å². The maximum Gasteiger partial charge on any atom is 0.123 e. The molecule has 0 aliphatic heterocycles. The SMILES string of the molecule is CCCN=C(N)C(OC)C1CCCCC1. The largest absolute Gasteiger partial charge is 0.385 e. The van der Waals surface area contributed by atoms with Crippen molar-refractivity contribution in [1.82, 2.24) is 0 Å². The average molecular weight is 212 g/mol. The minimum absolute atomic E-state index is 0.0526. The standard InChI is InChI=1S/C12H24N2O/c1-3-9-14-12(13)11(15-2)10-7-5-4-6-8-10/h10-11H,3-9H2,1-2H3,(H2,13,14). The summed E-state index contributed by atoms with van der Waals surface area (Å²) in [5, 5.41) is 0. The van der Waals surface area contributed by atoms with Crippen molar-refractivity contribution >= 4 is 5.84 Å². The molecule has 0 amide bonds. The molecule has 3 heteroatoms. The highest BCUT2D eigenvalue weighted by Crippen LogP contribution is 2.27. The van der Waals surface area contributed by atoms with Gasteiger partial charge in [-0.25, -0.2) is 0 Å². The van der Waals surface area contributed by atoms with E-state index in [9.17, 15) is 0 Å². The second kappa shape index (κ2) is 6.83. The van der Waals surface area contributed by atoms with Gasteiger partial charge in [-0.3, -0.25) is 4.99 Å².